The zero-order valence-corrected chi connectivity index (χ0v) is 30.5. The van der Waals surface area contributed by atoms with E-state index in [2.05, 4.69) is 9.97 Å². The van der Waals surface area contributed by atoms with Crippen molar-refractivity contribution in [3.05, 3.63) is 72.1 Å². The molecule has 0 bridgehead atoms. The van der Waals surface area contributed by atoms with Crippen LogP contribution in [-0.2, 0) is 11.8 Å². The maximum absolute atomic E-state index is 15.4. The molecule has 2 heterocycles. The Morgan fingerprint density at radius 2 is 0.574 bits per heavy atom. The first-order valence-electron chi connectivity index (χ1n) is 16.1. The fourth-order valence-corrected chi connectivity index (χ4v) is 5.04. The van der Waals surface area contributed by atoms with Crippen LogP contribution in [0.4, 0.5) is 149 Å². The molecule has 0 spiro atoms. The molecule has 0 amide bonds. The number of halogens is 34. The second-order valence-corrected chi connectivity index (χ2v) is 13.5. The molecule has 0 unspecified atom stereocenters. The van der Waals surface area contributed by atoms with E-state index < -0.39 is 130 Å². The lowest BCUT2D eigenvalue weighted by Crippen LogP contribution is -2.74. The standard InChI is InChI=1S/C32H10F34N2/c33-17(34,19(37,38)21(41,42)23(45,46)25(49,50)27(53,54)29(57,58)31(61,62)63)13-9-15(12-6-4-11(5-7-12)14-3-1-2-8-67-14)68-16(10-13)18(35,36)20(39,40)22(43,44)24(47,48)26(51,52)28(55,56)30(59,60)32(64,65)66/h1-10H. The van der Waals surface area contributed by atoms with Gasteiger partial charge in [0.25, 0.3) is 0 Å². The van der Waals surface area contributed by atoms with E-state index >= 15 is 17.6 Å². The average Bonchev–Trinajstić information content (AvgIpc) is 3.19. The molecule has 36 heteroatoms. The van der Waals surface area contributed by atoms with Crippen LogP contribution in [0, 0.1) is 0 Å². The van der Waals surface area contributed by atoms with E-state index in [4.69, 9.17) is 0 Å². The average molecular weight is 1070 g/mol. The summed E-state index contributed by atoms with van der Waals surface area (Å²) in [5.74, 6) is -126. The maximum Gasteiger partial charge on any atom is 0.460 e. The van der Waals surface area contributed by atoms with E-state index in [1.54, 1.807) is 0 Å². The van der Waals surface area contributed by atoms with Gasteiger partial charge >= 0.3 is 95.3 Å². The van der Waals surface area contributed by atoms with Gasteiger partial charge in [0.2, 0.25) is 0 Å². The van der Waals surface area contributed by atoms with E-state index in [1.807, 2.05) is 0 Å². The van der Waals surface area contributed by atoms with Gasteiger partial charge in [-0.2, -0.15) is 149 Å². The van der Waals surface area contributed by atoms with Crippen LogP contribution in [0.3, 0.4) is 0 Å². The van der Waals surface area contributed by atoms with Crippen LogP contribution < -0.4 is 0 Å². The minimum Gasteiger partial charge on any atom is -0.256 e. The summed E-state index contributed by atoms with van der Waals surface area (Å²) in [5, 5.41) is 0. The Morgan fingerprint density at radius 1 is 0.279 bits per heavy atom. The largest absolute Gasteiger partial charge is 0.460 e. The zero-order chi connectivity index (χ0) is 53.9. The van der Waals surface area contributed by atoms with E-state index in [-0.39, 0.29) is 23.4 Å². The number of benzene rings is 1. The summed E-state index contributed by atoms with van der Waals surface area (Å²) in [6.07, 6.45) is -15.5. The van der Waals surface area contributed by atoms with E-state index in [1.165, 1.54) is 12.1 Å². The highest BCUT2D eigenvalue weighted by Crippen LogP contribution is 2.67. The lowest BCUT2D eigenvalue weighted by molar-refractivity contribution is -0.463. The predicted octanol–water partition coefficient (Wildman–Crippen LogP) is 14.7. The quantitative estimate of drug-likeness (QED) is 0.134. The topological polar surface area (TPSA) is 25.8 Å². The SMILES string of the molecule is FC(F)(F)C(F)(F)C(F)(F)C(F)(F)C(F)(F)C(F)(F)C(F)(F)C(F)(F)c1cc(-c2ccc(-c3ccccn3)cc2)nc(C(F)(F)C(F)(F)C(F)(F)C(F)(F)C(F)(F)C(F)(F)C(F)(F)C(F)(F)F)c1. The van der Waals surface area contributed by atoms with Crippen molar-refractivity contribution in [2.24, 2.45) is 0 Å². The van der Waals surface area contributed by atoms with Gasteiger partial charge in [0, 0.05) is 22.9 Å². The van der Waals surface area contributed by atoms with Gasteiger partial charge in [0.15, 0.2) is 0 Å². The Bertz CT molecular complexity index is 2170. The molecule has 3 aromatic rings. The first kappa shape index (κ1) is 57.5. The molecule has 386 valence electrons. The fraction of sp³-hybridized carbons (Fsp3) is 0.500. The van der Waals surface area contributed by atoms with Crippen LogP contribution in [0.25, 0.3) is 22.5 Å². The molecular weight excluding hydrogens is 1060 g/mol. The van der Waals surface area contributed by atoms with Crippen LogP contribution in [0.1, 0.15) is 11.3 Å². The van der Waals surface area contributed by atoms with Gasteiger partial charge in [0.1, 0.15) is 5.69 Å². The summed E-state index contributed by atoms with van der Waals surface area (Å²) in [5.41, 5.74) is -12.7. The molecule has 2 nitrogen and oxygen atoms in total. The molecule has 0 radical (unpaired) electrons. The second-order valence-electron chi connectivity index (χ2n) is 13.5. The molecular formula is C32H10F34N2. The molecule has 3 rings (SSSR count). The predicted molar refractivity (Wildman–Crippen MR) is 152 cm³/mol. The van der Waals surface area contributed by atoms with Crippen LogP contribution in [0.2, 0.25) is 0 Å². The minimum absolute atomic E-state index is 0.172. The number of alkyl halides is 34. The van der Waals surface area contributed by atoms with Crippen LogP contribution in [0.5, 0.6) is 0 Å². The molecule has 0 atom stereocenters. The smallest absolute Gasteiger partial charge is 0.256 e. The molecule has 1 aromatic carbocycles. The van der Waals surface area contributed by atoms with Crippen LogP contribution >= 0.6 is 0 Å². The van der Waals surface area contributed by atoms with Crippen molar-refractivity contribution in [2.75, 3.05) is 0 Å². The minimum atomic E-state index is -9.44. The highest BCUT2D eigenvalue weighted by atomic mass is 19.4. The Balaban J connectivity index is 2.46. The summed E-state index contributed by atoms with van der Waals surface area (Å²) in [4.78, 5) is 5.76. The molecule has 0 N–H and O–H groups in total. The van der Waals surface area contributed by atoms with Gasteiger partial charge in [-0.3, -0.25) is 4.98 Å². The third-order valence-corrected chi connectivity index (χ3v) is 9.10. The van der Waals surface area contributed by atoms with Gasteiger partial charge in [0.05, 0.1) is 11.4 Å². The number of rotatable bonds is 16. The van der Waals surface area contributed by atoms with Gasteiger partial charge < -0.3 is 0 Å². The monoisotopic (exact) mass is 1070 g/mol. The van der Waals surface area contributed by atoms with Gasteiger partial charge in [-0.15, -0.1) is 0 Å². The molecule has 0 aliphatic carbocycles. The fourth-order valence-electron chi connectivity index (χ4n) is 5.04. The molecule has 0 aliphatic rings. The Hall–Kier alpha value is -4.86. The van der Waals surface area contributed by atoms with Gasteiger partial charge in [-0.05, 0) is 24.3 Å². The molecule has 2 aromatic heterocycles. The van der Waals surface area contributed by atoms with E-state index in [0.29, 0.717) is 12.1 Å². The number of nitrogens with zero attached hydrogens (tertiary/aromatic N) is 2. The molecule has 0 fully saturated rings. The van der Waals surface area contributed by atoms with E-state index in [9.17, 15) is 132 Å². The zero-order valence-electron chi connectivity index (χ0n) is 30.5. The Morgan fingerprint density at radius 3 is 0.882 bits per heavy atom. The van der Waals surface area contributed by atoms with Crippen molar-refractivity contribution in [1.29, 1.82) is 0 Å². The van der Waals surface area contributed by atoms with Crippen molar-refractivity contribution in [3.63, 3.8) is 0 Å². The lowest BCUT2D eigenvalue weighted by Gasteiger charge is -2.43. The normalized spacial score (nSPS) is 15.8. The number of hydrogen-bond donors (Lipinski definition) is 0. The molecule has 0 aliphatic heterocycles. The maximum atomic E-state index is 15.4. The Labute approximate surface area is 349 Å². The highest BCUT2D eigenvalue weighted by Gasteiger charge is 2.97. The number of aromatic nitrogens is 2. The van der Waals surface area contributed by atoms with Crippen molar-refractivity contribution in [1.82, 2.24) is 9.97 Å². The number of hydrogen-bond acceptors (Lipinski definition) is 2. The third kappa shape index (κ3) is 7.55. The van der Waals surface area contributed by atoms with Crippen molar-refractivity contribution in [2.45, 2.75) is 95.3 Å². The third-order valence-electron chi connectivity index (χ3n) is 9.10. The number of pyridine rings is 2. The van der Waals surface area contributed by atoms with Crippen LogP contribution in [-0.4, -0.2) is 93.4 Å². The summed E-state index contributed by atoms with van der Waals surface area (Å²) < 4.78 is 475. The summed E-state index contributed by atoms with van der Waals surface area (Å²) in [6.45, 7) is 0. The second kappa shape index (κ2) is 15.8. The molecule has 68 heavy (non-hydrogen) atoms. The van der Waals surface area contributed by atoms with Crippen LogP contribution in [0.15, 0.2) is 60.8 Å². The van der Waals surface area contributed by atoms with Gasteiger partial charge in [-0.1, -0.05) is 30.3 Å². The Kier molecular flexibility index (Phi) is 13.4. The summed E-state index contributed by atoms with van der Waals surface area (Å²) in [7, 11) is 0. The molecule has 0 saturated carbocycles. The van der Waals surface area contributed by atoms with E-state index in [0.717, 1.165) is 12.3 Å². The van der Waals surface area contributed by atoms with Crippen molar-refractivity contribution < 1.29 is 149 Å². The first-order chi connectivity index (χ1) is 29.6. The highest BCUT2D eigenvalue weighted by molar-refractivity contribution is 5.67. The summed E-state index contributed by atoms with van der Waals surface area (Å²) >= 11 is 0. The molecule has 0 saturated heterocycles. The summed E-state index contributed by atoms with van der Waals surface area (Å²) in [6, 6.07) is 1.25. The van der Waals surface area contributed by atoms with Crippen molar-refractivity contribution in [3.8, 4) is 22.5 Å². The van der Waals surface area contributed by atoms with Gasteiger partial charge in [-0.25, -0.2) is 4.98 Å². The lowest BCUT2D eigenvalue weighted by atomic mass is 9.85. The van der Waals surface area contributed by atoms with Crippen molar-refractivity contribution >= 4 is 0 Å². The first-order valence-corrected chi connectivity index (χ1v) is 16.1.